The van der Waals surface area contributed by atoms with E-state index in [-0.39, 0.29) is 22.3 Å². The van der Waals surface area contributed by atoms with Gasteiger partial charge in [-0.1, -0.05) is 23.3 Å². The minimum Gasteiger partial charge on any atom is -0.424 e. The lowest BCUT2D eigenvalue weighted by Crippen LogP contribution is -2.19. The van der Waals surface area contributed by atoms with E-state index < -0.39 is 28.4 Å². The molecule has 0 amide bonds. The summed E-state index contributed by atoms with van der Waals surface area (Å²) in [5, 5.41) is 13.2. The van der Waals surface area contributed by atoms with Gasteiger partial charge < -0.3 is 4.74 Å². The monoisotopic (exact) mass is 408 g/mol. The van der Waals surface area contributed by atoms with Crippen molar-refractivity contribution in [2.45, 2.75) is 24.3 Å². The lowest BCUT2D eigenvalue weighted by Gasteiger charge is -2.17. The maximum atomic E-state index is 14.0. The van der Waals surface area contributed by atoms with Gasteiger partial charge >= 0.3 is 6.01 Å². The molecule has 1 atom stereocenters. The van der Waals surface area contributed by atoms with Crippen LogP contribution in [0.5, 0.6) is 11.8 Å². The largest absolute Gasteiger partial charge is 0.424 e. The summed E-state index contributed by atoms with van der Waals surface area (Å²) < 4.78 is 58.0. The zero-order valence-electron chi connectivity index (χ0n) is 14.9. The van der Waals surface area contributed by atoms with E-state index in [9.17, 15) is 17.2 Å². The van der Waals surface area contributed by atoms with Crippen LogP contribution in [0.2, 0.25) is 0 Å². The molecule has 0 saturated carbocycles. The third-order valence-electron chi connectivity index (χ3n) is 4.15. The van der Waals surface area contributed by atoms with Gasteiger partial charge in [0.2, 0.25) is 10.0 Å². The lowest BCUT2D eigenvalue weighted by atomic mass is 9.99. The van der Waals surface area contributed by atoms with Gasteiger partial charge in [-0.15, -0.1) is 5.10 Å². The fourth-order valence-corrected chi connectivity index (χ4v) is 3.66. The highest BCUT2D eigenvalue weighted by atomic mass is 32.2. The van der Waals surface area contributed by atoms with Gasteiger partial charge in [0.1, 0.15) is 24.1 Å². The molecule has 0 unspecified atom stereocenters. The van der Waals surface area contributed by atoms with Crippen LogP contribution in [0.4, 0.5) is 8.78 Å². The van der Waals surface area contributed by atoms with Crippen LogP contribution < -0.4 is 9.88 Å². The molecule has 1 heterocycles. The van der Waals surface area contributed by atoms with Crippen LogP contribution in [-0.2, 0) is 16.6 Å². The summed E-state index contributed by atoms with van der Waals surface area (Å²) in [4.78, 5) is -0.177. The number of benzene rings is 2. The van der Waals surface area contributed by atoms with Crippen molar-refractivity contribution in [2.75, 3.05) is 6.67 Å². The van der Waals surface area contributed by atoms with Crippen molar-refractivity contribution in [3.63, 3.8) is 0 Å². The third kappa shape index (κ3) is 4.02. The number of rotatable bonds is 7. The first kappa shape index (κ1) is 19.9. The highest BCUT2D eigenvalue weighted by Crippen LogP contribution is 2.31. The normalized spacial score (nSPS) is 12.7. The average Bonchev–Trinajstić information content (AvgIpc) is 3.06. The van der Waals surface area contributed by atoms with E-state index in [1.54, 1.807) is 13.0 Å². The van der Waals surface area contributed by atoms with Crippen molar-refractivity contribution in [3.8, 4) is 11.8 Å². The highest BCUT2D eigenvalue weighted by Gasteiger charge is 2.28. The third-order valence-corrected chi connectivity index (χ3v) is 5.14. The molecule has 2 aromatic carbocycles. The molecule has 0 radical (unpaired) electrons. The standard InChI is InChI=1S/C18H18F2N4O3S/c1-2-24-17(22-23-18(24)27-13-9-7-12(20)8-10-13)15(11-19)14-5-3-4-6-16(14)28(21,25)26/h3-10,15H,2,11H2,1H3,(H2,21,25,26)/t15-/m0/s1. The van der Waals surface area contributed by atoms with Crippen LogP contribution in [0.15, 0.2) is 53.4 Å². The highest BCUT2D eigenvalue weighted by molar-refractivity contribution is 7.89. The number of alkyl halides is 1. The second-order valence-electron chi connectivity index (χ2n) is 5.93. The zero-order chi connectivity index (χ0) is 20.3. The van der Waals surface area contributed by atoms with Crippen LogP contribution in [0.1, 0.15) is 24.2 Å². The number of hydrogen-bond acceptors (Lipinski definition) is 5. The molecule has 0 aliphatic rings. The molecule has 10 heteroatoms. The summed E-state index contributed by atoms with van der Waals surface area (Å²) in [6, 6.07) is 11.3. The molecule has 0 fully saturated rings. The molecule has 0 aliphatic carbocycles. The van der Waals surface area contributed by atoms with E-state index in [4.69, 9.17) is 9.88 Å². The molecule has 0 spiro atoms. The van der Waals surface area contributed by atoms with Gasteiger partial charge in [-0.3, -0.25) is 4.57 Å². The molecular weight excluding hydrogens is 390 g/mol. The van der Waals surface area contributed by atoms with E-state index in [2.05, 4.69) is 10.2 Å². The van der Waals surface area contributed by atoms with Gasteiger partial charge in [0, 0.05) is 6.54 Å². The number of hydrogen-bond donors (Lipinski definition) is 1. The molecule has 7 nitrogen and oxygen atoms in total. The van der Waals surface area contributed by atoms with Gasteiger partial charge in [0.25, 0.3) is 0 Å². The second kappa shape index (κ2) is 8.03. The van der Waals surface area contributed by atoms with E-state index in [0.717, 1.165) is 0 Å². The molecule has 3 rings (SSSR count). The Morgan fingerprint density at radius 3 is 2.43 bits per heavy atom. The Labute approximate surface area is 160 Å². The van der Waals surface area contributed by atoms with Crippen LogP contribution in [-0.4, -0.2) is 29.9 Å². The van der Waals surface area contributed by atoms with Crippen LogP contribution in [0.3, 0.4) is 0 Å². The maximum Gasteiger partial charge on any atom is 0.322 e. The van der Waals surface area contributed by atoms with Crippen LogP contribution in [0, 0.1) is 5.82 Å². The predicted octanol–water partition coefficient (Wildman–Crippen LogP) is 2.98. The summed E-state index contributed by atoms with van der Waals surface area (Å²) in [7, 11) is -4.05. The summed E-state index contributed by atoms with van der Waals surface area (Å²) >= 11 is 0. The number of sulfonamides is 1. The van der Waals surface area contributed by atoms with E-state index >= 15 is 0 Å². The van der Waals surface area contributed by atoms with Gasteiger partial charge in [0.15, 0.2) is 0 Å². The van der Waals surface area contributed by atoms with Crippen molar-refractivity contribution in [2.24, 2.45) is 5.14 Å². The van der Waals surface area contributed by atoms with Crippen molar-refractivity contribution < 1.29 is 21.9 Å². The van der Waals surface area contributed by atoms with Crippen molar-refractivity contribution in [3.05, 3.63) is 65.7 Å². The Morgan fingerprint density at radius 2 is 1.82 bits per heavy atom. The molecule has 0 saturated heterocycles. The lowest BCUT2D eigenvalue weighted by molar-refractivity contribution is 0.399. The van der Waals surface area contributed by atoms with Crippen LogP contribution in [0.25, 0.3) is 0 Å². The number of halogens is 2. The molecule has 0 aliphatic heterocycles. The smallest absolute Gasteiger partial charge is 0.322 e. The first-order valence-corrected chi connectivity index (χ1v) is 9.94. The minimum absolute atomic E-state index is 0.0793. The number of ether oxygens (including phenoxy) is 1. The summed E-state index contributed by atoms with van der Waals surface area (Å²) in [6.07, 6.45) is 0. The Morgan fingerprint density at radius 1 is 1.14 bits per heavy atom. The molecule has 28 heavy (non-hydrogen) atoms. The quantitative estimate of drug-likeness (QED) is 0.648. The van der Waals surface area contributed by atoms with Gasteiger partial charge in [-0.05, 0) is 42.8 Å². The Hall–Kier alpha value is -2.85. The van der Waals surface area contributed by atoms with Crippen LogP contribution >= 0.6 is 0 Å². The van der Waals surface area contributed by atoms with Gasteiger partial charge in [0.05, 0.1) is 10.8 Å². The summed E-state index contributed by atoms with van der Waals surface area (Å²) in [6.45, 7) is 1.21. The van der Waals surface area contributed by atoms with Crippen molar-refractivity contribution in [1.82, 2.24) is 14.8 Å². The Bertz CT molecular complexity index is 1070. The van der Waals surface area contributed by atoms with Crippen molar-refractivity contribution >= 4 is 10.0 Å². The number of aromatic nitrogens is 3. The van der Waals surface area contributed by atoms with Gasteiger partial charge in [-0.25, -0.2) is 22.3 Å². The molecule has 3 aromatic rings. The Kier molecular flexibility index (Phi) is 5.71. The van der Waals surface area contributed by atoms with Crippen molar-refractivity contribution in [1.29, 1.82) is 0 Å². The number of nitrogens with zero attached hydrogens (tertiary/aromatic N) is 3. The minimum atomic E-state index is -4.05. The van der Waals surface area contributed by atoms with E-state index in [0.29, 0.717) is 12.3 Å². The van der Waals surface area contributed by atoms with Gasteiger partial charge in [-0.2, -0.15) is 0 Å². The molecule has 2 N–H and O–H groups in total. The Balaban J connectivity index is 2.03. The first-order valence-electron chi connectivity index (χ1n) is 8.39. The number of primary sulfonamides is 1. The molecule has 0 bridgehead atoms. The number of nitrogens with two attached hydrogens (primary N) is 1. The molecular formula is C18H18F2N4O3S. The fraction of sp³-hybridized carbons (Fsp3) is 0.222. The average molecular weight is 408 g/mol. The first-order chi connectivity index (χ1) is 13.3. The van der Waals surface area contributed by atoms with E-state index in [1.807, 2.05) is 0 Å². The molecule has 148 valence electrons. The SMILES string of the molecule is CCn1c(Oc2ccc(F)cc2)nnc1[C@@H](CF)c1ccccc1S(N)(=O)=O. The summed E-state index contributed by atoms with van der Waals surface area (Å²) in [5.41, 5.74) is 0.183. The van der Waals surface area contributed by atoms with E-state index in [1.165, 1.54) is 47.0 Å². The topological polar surface area (TPSA) is 100 Å². The maximum absolute atomic E-state index is 14.0. The second-order valence-corrected chi connectivity index (χ2v) is 7.46. The zero-order valence-corrected chi connectivity index (χ0v) is 15.7. The summed E-state index contributed by atoms with van der Waals surface area (Å²) in [5.74, 6) is -0.898. The fourth-order valence-electron chi connectivity index (χ4n) is 2.86. The predicted molar refractivity (Wildman–Crippen MR) is 97.8 cm³/mol. The molecule has 1 aromatic heterocycles.